The fourth-order valence-electron chi connectivity index (χ4n) is 3.79. The standard InChI is InChI=1S/C20H25BrF3N5O2/c1-11-12(2)25-19(27-17(11)28(3)4)26-13-5-7-14(8-6-13)29(18(30)20(22,23)24)16-10-9-15(21)31-16/h9-10,13-14H,5-8H2,1-4H3,(H,25,26,27). The summed E-state index contributed by atoms with van der Waals surface area (Å²) in [5.41, 5.74) is 1.85. The van der Waals surface area contributed by atoms with Crippen LogP contribution >= 0.6 is 15.9 Å². The van der Waals surface area contributed by atoms with E-state index in [9.17, 15) is 18.0 Å². The fourth-order valence-corrected chi connectivity index (χ4v) is 4.09. The Morgan fingerprint density at radius 1 is 1.16 bits per heavy atom. The molecular weight excluding hydrogens is 479 g/mol. The minimum atomic E-state index is -4.98. The predicted octanol–water partition coefficient (Wildman–Crippen LogP) is 4.83. The number of hydrogen-bond donors (Lipinski definition) is 1. The summed E-state index contributed by atoms with van der Waals surface area (Å²) < 4.78 is 45.2. The fraction of sp³-hybridized carbons (Fsp3) is 0.550. The predicted molar refractivity (Wildman–Crippen MR) is 115 cm³/mol. The maximum Gasteiger partial charge on any atom is 0.471 e. The van der Waals surface area contributed by atoms with Gasteiger partial charge in [0.25, 0.3) is 0 Å². The summed E-state index contributed by atoms with van der Waals surface area (Å²) in [6.45, 7) is 3.87. The van der Waals surface area contributed by atoms with E-state index in [1.54, 1.807) is 0 Å². The van der Waals surface area contributed by atoms with E-state index in [1.165, 1.54) is 12.1 Å². The highest BCUT2D eigenvalue weighted by atomic mass is 79.9. The molecule has 1 N–H and O–H groups in total. The van der Waals surface area contributed by atoms with Crippen LogP contribution in [0.3, 0.4) is 0 Å². The molecule has 3 rings (SSSR count). The van der Waals surface area contributed by atoms with E-state index < -0.39 is 18.1 Å². The van der Waals surface area contributed by atoms with Crippen LogP contribution in [0, 0.1) is 13.8 Å². The molecule has 0 bridgehead atoms. The normalized spacial score (nSPS) is 19.2. The van der Waals surface area contributed by atoms with Crippen molar-refractivity contribution in [2.24, 2.45) is 0 Å². The van der Waals surface area contributed by atoms with Crippen molar-refractivity contribution in [1.82, 2.24) is 9.97 Å². The van der Waals surface area contributed by atoms with Crippen LogP contribution in [0.15, 0.2) is 21.2 Å². The zero-order valence-corrected chi connectivity index (χ0v) is 19.3. The zero-order chi connectivity index (χ0) is 22.9. The number of nitrogens with one attached hydrogen (secondary N) is 1. The van der Waals surface area contributed by atoms with Gasteiger partial charge in [-0.3, -0.25) is 9.69 Å². The van der Waals surface area contributed by atoms with Gasteiger partial charge < -0.3 is 14.6 Å². The van der Waals surface area contributed by atoms with E-state index in [4.69, 9.17) is 4.42 Å². The highest BCUT2D eigenvalue weighted by Gasteiger charge is 2.47. The minimum Gasteiger partial charge on any atom is -0.433 e. The molecule has 1 fully saturated rings. The number of aromatic nitrogens is 2. The van der Waals surface area contributed by atoms with Crippen molar-refractivity contribution in [1.29, 1.82) is 0 Å². The average Bonchev–Trinajstić information content (AvgIpc) is 3.11. The van der Waals surface area contributed by atoms with Gasteiger partial charge in [-0.05, 0) is 61.5 Å². The molecule has 2 aromatic heterocycles. The van der Waals surface area contributed by atoms with Gasteiger partial charge in [0, 0.05) is 43.5 Å². The lowest BCUT2D eigenvalue weighted by molar-refractivity contribution is -0.171. The molecule has 0 saturated heterocycles. The van der Waals surface area contributed by atoms with Gasteiger partial charge in [0.05, 0.1) is 0 Å². The number of rotatable bonds is 5. The van der Waals surface area contributed by atoms with Crippen molar-refractivity contribution < 1.29 is 22.4 Å². The van der Waals surface area contributed by atoms with E-state index in [0.29, 0.717) is 31.6 Å². The van der Waals surface area contributed by atoms with Crippen LogP contribution in [-0.2, 0) is 4.79 Å². The number of furan rings is 1. The molecule has 0 aliphatic heterocycles. The quantitative estimate of drug-likeness (QED) is 0.629. The zero-order valence-electron chi connectivity index (χ0n) is 17.8. The number of alkyl halides is 3. The first-order valence-electron chi connectivity index (χ1n) is 9.92. The number of carbonyl (C=O) groups is 1. The Bertz CT molecular complexity index is 939. The third-order valence-electron chi connectivity index (χ3n) is 5.44. The summed E-state index contributed by atoms with van der Waals surface area (Å²) >= 11 is 3.08. The summed E-state index contributed by atoms with van der Waals surface area (Å²) in [5.74, 6) is -0.722. The Morgan fingerprint density at radius 3 is 2.32 bits per heavy atom. The summed E-state index contributed by atoms with van der Waals surface area (Å²) in [6.07, 6.45) is -3.06. The van der Waals surface area contributed by atoms with Gasteiger partial charge in [0.15, 0.2) is 4.67 Å². The SMILES string of the molecule is Cc1nc(NC2CCC(N(C(=O)C(F)(F)F)c3ccc(Br)o3)CC2)nc(N(C)C)c1C. The number of amides is 1. The average molecular weight is 504 g/mol. The summed E-state index contributed by atoms with van der Waals surface area (Å²) in [7, 11) is 3.81. The molecule has 0 aromatic carbocycles. The third kappa shape index (κ3) is 5.31. The van der Waals surface area contributed by atoms with Gasteiger partial charge in [-0.2, -0.15) is 18.2 Å². The van der Waals surface area contributed by atoms with E-state index in [1.807, 2.05) is 32.8 Å². The number of anilines is 3. The minimum absolute atomic E-state index is 0.000422. The maximum absolute atomic E-state index is 13.2. The van der Waals surface area contributed by atoms with Crippen molar-refractivity contribution in [2.75, 3.05) is 29.2 Å². The Hall–Kier alpha value is -2.30. The number of halogens is 4. The lowest BCUT2D eigenvalue weighted by atomic mass is 9.90. The number of aryl methyl sites for hydroxylation is 1. The second kappa shape index (κ2) is 9.05. The Kier molecular flexibility index (Phi) is 6.82. The molecule has 31 heavy (non-hydrogen) atoms. The highest BCUT2D eigenvalue weighted by molar-refractivity contribution is 9.10. The van der Waals surface area contributed by atoms with Crippen LogP contribution in [0.25, 0.3) is 0 Å². The molecule has 1 aliphatic carbocycles. The van der Waals surface area contributed by atoms with Crippen LogP contribution in [0.1, 0.15) is 36.9 Å². The molecule has 0 unspecified atom stereocenters. The lowest BCUT2D eigenvalue weighted by Crippen LogP contribution is -2.49. The van der Waals surface area contributed by atoms with Gasteiger partial charge in [-0.25, -0.2) is 4.98 Å². The van der Waals surface area contributed by atoms with E-state index in [2.05, 4.69) is 31.2 Å². The smallest absolute Gasteiger partial charge is 0.433 e. The molecule has 2 aromatic rings. The van der Waals surface area contributed by atoms with Gasteiger partial charge in [0.2, 0.25) is 11.8 Å². The van der Waals surface area contributed by atoms with Crippen LogP contribution in [-0.4, -0.2) is 48.2 Å². The topological polar surface area (TPSA) is 74.5 Å². The van der Waals surface area contributed by atoms with Crippen LogP contribution < -0.4 is 15.1 Å². The molecular formula is C20H25BrF3N5O2. The highest BCUT2D eigenvalue weighted by Crippen LogP contribution is 2.34. The van der Waals surface area contributed by atoms with Crippen LogP contribution in [0.4, 0.5) is 30.8 Å². The second-order valence-corrected chi connectivity index (χ2v) is 8.66. The Morgan fingerprint density at radius 2 is 1.81 bits per heavy atom. The van der Waals surface area contributed by atoms with Crippen molar-refractivity contribution in [2.45, 2.75) is 57.8 Å². The molecule has 0 atom stereocenters. The van der Waals surface area contributed by atoms with E-state index in [-0.39, 0.29) is 16.6 Å². The van der Waals surface area contributed by atoms with E-state index in [0.717, 1.165) is 22.0 Å². The first-order chi connectivity index (χ1) is 14.5. The molecule has 170 valence electrons. The molecule has 1 aliphatic rings. The molecule has 0 spiro atoms. The largest absolute Gasteiger partial charge is 0.471 e. The monoisotopic (exact) mass is 503 g/mol. The van der Waals surface area contributed by atoms with Crippen molar-refractivity contribution in [3.63, 3.8) is 0 Å². The molecule has 1 amide bonds. The number of hydrogen-bond acceptors (Lipinski definition) is 6. The molecule has 1 saturated carbocycles. The van der Waals surface area contributed by atoms with Crippen LogP contribution in [0.2, 0.25) is 0 Å². The van der Waals surface area contributed by atoms with E-state index >= 15 is 0 Å². The molecule has 2 heterocycles. The van der Waals surface area contributed by atoms with Gasteiger partial charge in [-0.15, -0.1) is 0 Å². The first kappa shape index (κ1) is 23.4. The molecule has 7 nitrogen and oxygen atoms in total. The lowest BCUT2D eigenvalue weighted by Gasteiger charge is -2.36. The number of carbonyl (C=O) groups excluding carboxylic acids is 1. The summed E-state index contributed by atoms with van der Waals surface area (Å²) in [4.78, 5) is 23.8. The number of nitrogens with zero attached hydrogens (tertiary/aromatic N) is 4. The molecule has 11 heteroatoms. The van der Waals surface area contributed by atoms with Gasteiger partial charge >= 0.3 is 12.1 Å². The van der Waals surface area contributed by atoms with Crippen LogP contribution in [0.5, 0.6) is 0 Å². The summed E-state index contributed by atoms with van der Waals surface area (Å²) in [6, 6.07) is 2.23. The second-order valence-electron chi connectivity index (χ2n) is 7.88. The van der Waals surface area contributed by atoms with Crippen molar-refractivity contribution >= 4 is 39.5 Å². The maximum atomic E-state index is 13.2. The van der Waals surface area contributed by atoms with Crippen molar-refractivity contribution in [3.05, 3.63) is 28.1 Å². The third-order valence-corrected chi connectivity index (χ3v) is 5.87. The Balaban J connectivity index is 1.72. The Labute approximate surface area is 187 Å². The van der Waals surface area contributed by atoms with Gasteiger partial charge in [-0.1, -0.05) is 0 Å². The van der Waals surface area contributed by atoms with Crippen molar-refractivity contribution in [3.8, 4) is 0 Å². The van der Waals surface area contributed by atoms with Gasteiger partial charge in [0.1, 0.15) is 5.82 Å². The molecule has 0 radical (unpaired) electrons. The summed E-state index contributed by atoms with van der Waals surface area (Å²) in [5, 5.41) is 3.30. The first-order valence-corrected chi connectivity index (χ1v) is 10.7.